The lowest BCUT2D eigenvalue weighted by molar-refractivity contribution is -0.128. The summed E-state index contributed by atoms with van der Waals surface area (Å²) in [6.45, 7) is 6.39. The van der Waals surface area contributed by atoms with Gasteiger partial charge in [0.2, 0.25) is 11.8 Å². The fourth-order valence-electron chi connectivity index (χ4n) is 4.14. The molecule has 0 aromatic heterocycles. The van der Waals surface area contributed by atoms with E-state index in [2.05, 4.69) is 5.32 Å². The third-order valence-corrected chi connectivity index (χ3v) is 7.61. The summed E-state index contributed by atoms with van der Waals surface area (Å²) in [5.41, 5.74) is 4.86. The Balaban J connectivity index is 1.52. The quantitative estimate of drug-likeness (QED) is 0.307. The molecule has 1 aliphatic heterocycles. The molecule has 202 valence electrons. The van der Waals surface area contributed by atoms with Crippen LogP contribution in [0.3, 0.4) is 0 Å². The van der Waals surface area contributed by atoms with Gasteiger partial charge in [-0.05, 0) is 80.8 Å². The molecule has 3 aromatic carbocycles. The molecule has 0 saturated carbocycles. The first-order valence-corrected chi connectivity index (χ1v) is 13.9. The third kappa shape index (κ3) is 7.49. The predicted octanol–water partition coefficient (Wildman–Crippen LogP) is 6.34. The summed E-state index contributed by atoms with van der Waals surface area (Å²) in [5.74, 6) is -0.793. The molecule has 1 N–H and O–H groups in total. The van der Waals surface area contributed by atoms with Gasteiger partial charge in [0.15, 0.2) is 5.17 Å². The van der Waals surface area contributed by atoms with E-state index in [0.717, 1.165) is 22.4 Å². The number of nitrogens with zero attached hydrogens (tertiary/aromatic N) is 2. The van der Waals surface area contributed by atoms with Crippen LogP contribution < -0.4 is 5.32 Å². The maximum atomic E-state index is 13.5. The van der Waals surface area contributed by atoms with Gasteiger partial charge in [-0.15, -0.1) is 0 Å². The molecular weight excluding hydrogens is 534 g/mol. The van der Waals surface area contributed by atoms with Gasteiger partial charge >= 0.3 is 5.97 Å². The molecule has 0 unspecified atom stereocenters. The topological polar surface area (TPSA) is 88.1 Å². The standard InChI is InChI=1S/C30H30ClN3O4S/c1-4-38-29(37)22-8-12-24(13-9-22)32-30-34(16-15-21-6-10-23(31)11-7-21)28(36)26(39-30)18-27(35)33-25-14-5-19(2)17-20(25)3/h5-14,17,26H,4,15-16,18H2,1-3H3,(H,33,35)/t26-/m1/s1. The number of nitrogens with one attached hydrogen (secondary N) is 1. The molecule has 0 aliphatic carbocycles. The highest BCUT2D eigenvalue weighted by molar-refractivity contribution is 8.15. The number of rotatable bonds is 9. The molecule has 2 amide bonds. The Bertz CT molecular complexity index is 1390. The first-order valence-electron chi connectivity index (χ1n) is 12.7. The minimum atomic E-state index is -0.599. The Kier molecular flexibility index (Phi) is 9.43. The molecule has 0 radical (unpaired) electrons. The molecule has 1 fully saturated rings. The van der Waals surface area contributed by atoms with Crippen molar-refractivity contribution in [3.05, 3.63) is 94.0 Å². The highest BCUT2D eigenvalue weighted by Crippen LogP contribution is 2.32. The van der Waals surface area contributed by atoms with Gasteiger partial charge in [0.25, 0.3) is 0 Å². The maximum absolute atomic E-state index is 13.5. The number of amidine groups is 1. The van der Waals surface area contributed by atoms with Gasteiger partial charge < -0.3 is 10.1 Å². The minimum absolute atomic E-state index is 0.0229. The number of esters is 1. The van der Waals surface area contributed by atoms with Crippen LogP contribution in [0.25, 0.3) is 0 Å². The Morgan fingerprint density at radius 1 is 1.05 bits per heavy atom. The molecule has 3 aromatic rings. The zero-order valence-corrected chi connectivity index (χ0v) is 23.6. The normalized spacial score (nSPS) is 16.0. The van der Waals surface area contributed by atoms with Crippen molar-refractivity contribution in [2.24, 2.45) is 4.99 Å². The number of hydrogen-bond acceptors (Lipinski definition) is 6. The summed E-state index contributed by atoms with van der Waals surface area (Å²) < 4.78 is 5.04. The fourth-order valence-corrected chi connectivity index (χ4v) is 5.45. The molecule has 1 saturated heterocycles. The summed E-state index contributed by atoms with van der Waals surface area (Å²) in [5, 5.41) is 3.50. The van der Waals surface area contributed by atoms with Gasteiger partial charge in [0.1, 0.15) is 5.25 Å². The highest BCUT2D eigenvalue weighted by atomic mass is 35.5. The molecule has 7 nitrogen and oxygen atoms in total. The summed E-state index contributed by atoms with van der Waals surface area (Å²) in [6, 6.07) is 20.0. The third-order valence-electron chi connectivity index (χ3n) is 6.19. The van der Waals surface area contributed by atoms with Crippen LogP contribution in [0, 0.1) is 13.8 Å². The van der Waals surface area contributed by atoms with E-state index in [-0.39, 0.29) is 18.2 Å². The Morgan fingerprint density at radius 2 is 1.77 bits per heavy atom. The van der Waals surface area contributed by atoms with Crippen LogP contribution in [0.1, 0.15) is 40.4 Å². The van der Waals surface area contributed by atoms with Crippen LogP contribution >= 0.6 is 23.4 Å². The second-order valence-electron chi connectivity index (χ2n) is 9.21. The van der Waals surface area contributed by atoms with Crippen LogP contribution in [0.4, 0.5) is 11.4 Å². The van der Waals surface area contributed by atoms with Crippen molar-refractivity contribution < 1.29 is 19.1 Å². The fraction of sp³-hybridized carbons (Fsp3) is 0.267. The summed E-state index contributed by atoms with van der Waals surface area (Å²) in [4.78, 5) is 44.7. The SMILES string of the molecule is CCOC(=O)c1ccc(N=C2S[C@H](CC(=O)Nc3ccc(C)cc3C)C(=O)N2CCc2ccc(Cl)cc2)cc1. The van der Waals surface area contributed by atoms with E-state index in [0.29, 0.717) is 41.0 Å². The van der Waals surface area contributed by atoms with E-state index in [1.165, 1.54) is 11.8 Å². The van der Waals surface area contributed by atoms with Gasteiger partial charge in [-0.25, -0.2) is 9.79 Å². The predicted molar refractivity (Wildman–Crippen MR) is 157 cm³/mol. The molecule has 4 rings (SSSR count). The van der Waals surface area contributed by atoms with Crippen molar-refractivity contribution in [1.82, 2.24) is 4.90 Å². The van der Waals surface area contributed by atoms with Gasteiger partial charge in [0, 0.05) is 23.7 Å². The van der Waals surface area contributed by atoms with Crippen LogP contribution in [0.15, 0.2) is 71.7 Å². The second-order valence-corrected chi connectivity index (χ2v) is 10.8. The van der Waals surface area contributed by atoms with Crippen molar-refractivity contribution in [2.45, 2.75) is 38.9 Å². The van der Waals surface area contributed by atoms with E-state index in [1.807, 2.05) is 56.3 Å². The number of halogens is 1. The maximum Gasteiger partial charge on any atom is 0.338 e. The van der Waals surface area contributed by atoms with Gasteiger partial charge in [-0.1, -0.05) is 53.2 Å². The zero-order chi connectivity index (χ0) is 27.9. The minimum Gasteiger partial charge on any atom is -0.462 e. The average Bonchev–Trinajstić information content (AvgIpc) is 3.19. The molecule has 0 bridgehead atoms. The van der Waals surface area contributed by atoms with E-state index in [1.54, 1.807) is 36.1 Å². The Hall–Kier alpha value is -3.62. The number of benzene rings is 3. The number of carbonyl (C=O) groups excluding carboxylic acids is 3. The van der Waals surface area contributed by atoms with E-state index >= 15 is 0 Å². The van der Waals surface area contributed by atoms with Crippen molar-refractivity contribution >= 4 is 57.7 Å². The number of anilines is 1. The summed E-state index contributed by atoms with van der Waals surface area (Å²) in [6.07, 6.45) is 0.626. The van der Waals surface area contributed by atoms with Crippen LogP contribution in [0.5, 0.6) is 0 Å². The van der Waals surface area contributed by atoms with Crippen LogP contribution in [-0.2, 0) is 20.7 Å². The number of carbonyl (C=O) groups is 3. The number of aryl methyl sites for hydroxylation is 2. The number of aliphatic imine (C=N–C) groups is 1. The number of hydrogen-bond donors (Lipinski definition) is 1. The molecule has 9 heteroatoms. The molecule has 39 heavy (non-hydrogen) atoms. The van der Waals surface area contributed by atoms with Gasteiger partial charge in [0.05, 0.1) is 17.9 Å². The van der Waals surface area contributed by atoms with E-state index in [4.69, 9.17) is 21.3 Å². The Morgan fingerprint density at radius 3 is 2.44 bits per heavy atom. The lowest BCUT2D eigenvalue weighted by Gasteiger charge is -2.17. The molecule has 0 spiro atoms. The molecule has 1 aliphatic rings. The van der Waals surface area contributed by atoms with Crippen molar-refractivity contribution in [3.8, 4) is 0 Å². The largest absolute Gasteiger partial charge is 0.462 e. The highest BCUT2D eigenvalue weighted by Gasteiger charge is 2.39. The first-order chi connectivity index (χ1) is 18.7. The lowest BCUT2D eigenvalue weighted by atomic mass is 10.1. The number of thioether (sulfide) groups is 1. The molecular formula is C30H30ClN3O4S. The zero-order valence-electron chi connectivity index (χ0n) is 22.1. The lowest BCUT2D eigenvalue weighted by Crippen LogP contribution is -2.35. The molecule has 1 heterocycles. The van der Waals surface area contributed by atoms with Crippen molar-refractivity contribution in [2.75, 3.05) is 18.5 Å². The van der Waals surface area contributed by atoms with Crippen molar-refractivity contribution in [1.29, 1.82) is 0 Å². The van der Waals surface area contributed by atoms with E-state index in [9.17, 15) is 14.4 Å². The average molecular weight is 564 g/mol. The van der Waals surface area contributed by atoms with Crippen LogP contribution in [0.2, 0.25) is 5.02 Å². The Labute approximate surface area is 237 Å². The smallest absolute Gasteiger partial charge is 0.338 e. The van der Waals surface area contributed by atoms with Gasteiger partial charge in [-0.3, -0.25) is 14.5 Å². The van der Waals surface area contributed by atoms with E-state index < -0.39 is 11.2 Å². The van der Waals surface area contributed by atoms with Crippen molar-refractivity contribution in [3.63, 3.8) is 0 Å². The van der Waals surface area contributed by atoms with Gasteiger partial charge in [-0.2, -0.15) is 0 Å². The monoisotopic (exact) mass is 563 g/mol. The van der Waals surface area contributed by atoms with Crippen LogP contribution in [-0.4, -0.2) is 46.3 Å². The second kappa shape index (κ2) is 13.0. The summed E-state index contributed by atoms with van der Waals surface area (Å²) in [7, 11) is 0. The number of ether oxygens (including phenoxy) is 1. The molecule has 1 atom stereocenters. The number of amides is 2. The summed E-state index contributed by atoms with van der Waals surface area (Å²) >= 11 is 7.29. The first kappa shape index (κ1) is 28.4.